The maximum absolute atomic E-state index is 9.58. The van der Waals surface area contributed by atoms with E-state index in [0.29, 0.717) is 0 Å². The number of halogens is 1. The van der Waals surface area contributed by atoms with Gasteiger partial charge in [-0.1, -0.05) is 25.7 Å². The van der Waals surface area contributed by atoms with Crippen molar-refractivity contribution < 1.29 is 5.11 Å². The Bertz CT molecular complexity index is 142. The Balaban J connectivity index is 1.98. The van der Waals surface area contributed by atoms with E-state index in [1.807, 2.05) is 0 Å². The molecule has 2 fully saturated rings. The van der Waals surface area contributed by atoms with E-state index < -0.39 is 0 Å². The van der Waals surface area contributed by atoms with Gasteiger partial charge in [0.25, 0.3) is 0 Å². The molecule has 1 N–H and O–H groups in total. The fourth-order valence-electron chi connectivity index (χ4n) is 2.81. The first kappa shape index (κ1) is 8.83. The number of aliphatic hydroxyl groups is 1. The van der Waals surface area contributed by atoms with Crippen LogP contribution in [0.2, 0.25) is 0 Å². The Morgan fingerprint density at radius 2 is 1.58 bits per heavy atom. The van der Waals surface area contributed by atoms with Gasteiger partial charge in [0.05, 0.1) is 11.5 Å². The molecule has 12 heavy (non-hydrogen) atoms. The maximum atomic E-state index is 9.58. The Morgan fingerprint density at radius 1 is 1.00 bits per heavy atom. The number of fused-ring (bicyclic) bond motifs is 1. The van der Waals surface area contributed by atoms with Crippen LogP contribution in [0.25, 0.3) is 0 Å². The van der Waals surface area contributed by atoms with Crippen LogP contribution < -0.4 is 0 Å². The lowest BCUT2D eigenvalue weighted by Crippen LogP contribution is -2.37. The Kier molecular flexibility index (Phi) is 2.61. The first-order chi connectivity index (χ1) is 5.77. The van der Waals surface area contributed by atoms with Crippen LogP contribution in [0.15, 0.2) is 0 Å². The Morgan fingerprint density at radius 3 is 2.25 bits per heavy atom. The number of rotatable bonds is 0. The van der Waals surface area contributed by atoms with Crippen LogP contribution in [0.3, 0.4) is 0 Å². The first-order valence-electron chi connectivity index (χ1n) is 5.09. The summed E-state index contributed by atoms with van der Waals surface area (Å²) < 4.78 is 0. The predicted octanol–water partition coefficient (Wildman–Crippen LogP) is 2.55. The van der Waals surface area contributed by atoms with Gasteiger partial charge in [-0.05, 0) is 24.7 Å². The molecule has 2 aliphatic carbocycles. The van der Waals surface area contributed by atoms with Gasteiger partial charge >= 0.3 is 0 Å². The van der Waals surface area contributed by atoms with Gasteiger partial charge in [-0.3, -0.25) is 0 Å². The molecule has 2 rings (SSSR count). The molecule has 0 heterocycles. The second-order valence-corrected chi connectivity index (χ2v) is 4.92. The van der Waals surface area contributed by atoms with Crippen LogP contribution in [-0.2, 0) is 0 Å². The van der Waals surface area contributed by atoms with E-state index in [1.54, 1.807) is 0 Å². The number of hydrogen-bond acceptors (Lipinski definition) is 1. The van der Waals surface area contributed by atoms with E-state index in [4.69, 9.17) is 11.6 Å². The van der Waals surface area contributed by atoms with E-state index in [1.165, 1.54) is 25.7 Å². The van der Waals surface area contributed by atoms with Gasteiger partial charge in [0.2, 0.25) is 0 Å². The number of hydrogen-bond donors (Lipinski definition) is 1. The van der Waals surface area contributed by atoms with Crippen molar-refractivity contribution in [3.05, 3.63) is 0 Å². The molecular weight excluding hydrogens is 172 g/mol. The van der Waals surface area contributed by atoms with Crippen LogP contribution in [0.1, 0.15) is 38.5 Å². The Labute approximate surface area is 79.1 Å². The number of aliphatic hydroxyl groups excluding tert-OH is 1. The van der Waals surface area contributed by atoms with Crippen molar-refractivity contribution in [1.29, 1.82) is 0 Å². The van der Waals surface area contributed by atoms with Crippen molar-refractivity contribution >= 4 is 11.6 Å². The highest BCUT2D eigenvalue weighted by molar-refractivity contribution is 6.21. The average molecular weight is 189 g/mol. The van der Waals surface area contributed by atoms with Crippen molar-refractivity contribution in [2.45, 2.75) is 50.0 Å². The molecule has 0 aromatic carbocycles. The van der Waals surface area contributed by atoms with Crippen molar-refractivity contribution in [3.8, 4) is 0 Å². The Hall–Kier alpha value is 0.250. The summed E-state index contributed by atoms with van der Waals surface area (Å²) in [6, 6.07) is 0. The van der Waals surface area contributed by atoms with E-state index >= 15 is 0 Å². The molecule has 0 aliphatic heterocycles. The van der Waals surface area contributed by atoms with Gasteiger partial charge in [-0.2, -0.15) is 0 Å². The molecule has 0 spiro atoms. The van der Waals surface area contributed by atoms with E-state index in [9.17, 15) is 5.11 Å². The first-order valence-corrected chi connectivity index (χ1v) is 5.53. The lowest BCUT2D eigenvalue weighted by Gasteiger charge is -2.39. The molecule has 2 heteroatoms. The normalized spacial score (nSPS) is 48.5. The molecule has 0 aromatic rings. The highest BCUT2D eigenvalue weighted by Gasteiger charge is 2.36. The summed E-state index contributed by atoms with van der Waals surface area (Å²) in [4.78, 5) is 0. The third-order valence-electron chi connectivity index (χ3n) is 3.56. The highest BCUT2D eigenvalue weighted by Crippen LogP contribution is 2.41. The van der Waals surface area contributed by atoms with Crippen molar-refractivity contribution in [3.63, 3.8) is 0 Å². The minimum atomic E-state index is -0.231. The zero-order valence-corrected chi connectivity index (χ0v) is 8.13. The molecule has 70 valence electrons. The second-order valence-electron chi connectivity index (χ2n) is 4.36. The fourth-order valence-corrected chi connectivity index (χ4v) is 3.14. The van der Waals surface area contributed by atoms with Gasteiger partial charge in [0.15, 0.2) is 0 Å². The summed E-state index contributed by atoms with van der Waals surface area (Å²) in [7, 11) is 0. The molecular formula is C10H17ClO. The minimum absolute atomic E-state index is 0.0318. The minimum Gasteiger partial charge on any atom is -0.392 e. The average Bonchev–Trinajstić information content (AvgIpc) is 2.07. The van der Waals surface area contributed by atoms with Crippen molar-refractivity contribution in [2.24, 2.45) is 11.8 Å². The maximum Gasteiger partial charge on any atom is 0.0706 e. The summed E-state index contributed by atoms with van der Waals surface area (Å²) in [5.41, 5.74) is 0. The van der Waals surface area contributed by atoms with Crippen molar-refractivity contribution in [1.82, 2.24) is 0 Å². The van der Waals surface area contributed by atoms with E-state index in [2.05, 4.69) is 0 Å². The highest BCUT2D eigenvalue weighted by atomic mass is 35.5. The van der Waals surface area contributed by atoms with Crippen LogP contribution in [0.5, 0.6) is 0 Å². The lowest BCUT2D eigenvalue weighted by atomic mass is 9.70. The standard InChI is InChI=1S/C10H17ClO/c11-9-5-7-3-1-2-4-8(7)6-10(9)12/h7-10,12H,1-6H2. The summed E-state index contributed by atoms with van der Waals surface area (Å²) in [5, 5.41) is 9.62. The topological polar surface area (TPSA) is 20.2 Å². The van der Waals surface area contributed by atoms with E-state index in [-0.39, 0.29) is 11.5 Å². The SMILES string of the molecule is OC1CC2CCCCC2CC1Cl. The van der Waals surface area contributed by atoms with Crippen molar-refractivity contribution in [2.75, 3.05) is 0 Å². The van der Waals surface area contributed by atoms with Crippen LogP contribution in [0.4, 0.5) is 0 Å². The lowest BCUT2D eigenvalue weighted by molar-refractivity contribution is 0.0529. The molecule has 0 saturated heterocycles. The molecule has 4 atom stereocenters. The third kappa shape index (κ3) is 1.62. The molecule has 1 nitrogen and oxygen atoms in total. The second kappa shape index (κ2) is 3.55. The number of alkyl halides is 1. The summed E-state index contributed by atoms with van der Waals surface area (Å²) >= 11 is 6.04. The summed E-state index contributed by atoms with van der Waals surface area (Å²) in [6.45, 7) is 0. The van der Waals surface area contributed by atoms with Gasteiger partial charge in [0, 0.05) is 0 Å². The monoisotopic (exact) mass is 188 g/mol. The molecule has 0 aromatic heterocycles. The summed E-state index contributed by atoms with van der Waals surface area (Å²) in [5.74, 6) is 1.60. The van der Waals surface area contributed by atoms with Crippen LogP contribution in [-0.4, -0.2) is 16.6 Å². The molecule has 0 amide bonds. The smallest absolute Gasteiger partial charge is 0.0706 e. The quantitative estimate of drug-likeness (QED) is 0.580. The molecule has 0 radical (unpaired) electrons. The zero-order valence-electron chi connectivity index (χ0n) is 7.38. The van der Waals surface area contributed by atoms with Gasteiger partial charge < -0.3 is 5.11 Å². The van der Waals surface area contributed by atoms with Gasteiger partial charge in [-0.15, -0.1) is 11.6 Å². The zero-order chi connectivity index (χ0) is 8.55. The molecule has 2 saturated carbocycles. The van der Waals surface area contributed by atoms with E-state index in [0.717, 1.165) is 24.7 Å². The third-order valence-corrected chi connectivity index (χ3v) is 4.03. The van der Waals surface area contributed by atoms with Gasteiger partial charge in [0.1, 0.15) is 0 Å². The van der Waals surface area contributed by atoms with Gasteiger partial charge in [-0.25, -0.2) is 0 Å². The molecule has 0 bridgehead atoms. The predicted molar refractivity (Wildman–Crippen MR) is 50.3 cm³/mol. The summed E-state index contributed by atoms with van der Waals surface area (Å²) in [6.07, 6.45) is 7.19. The largest absolute Gasteiger partial charge is 0.392 e. The molecule has 4 unspecified atom stereocenters. The molecule has 2 aliphatic rings. The van der Waals surface area contributed by atoms with Crippen LogP contribution >= 0.6 is 11.6 Å². The fraction of sp³-hybridized carbons (Fsp3) is 1.00. The van der Waals surface area contributed by atoms with Crippen LogP contribution in [0, 0.1) is 11.8 Å².